The van der Waals surface area contributed by atoms with Crippen LogP contribution >= 0.6 is 11.6 Å². The molecular weight excluding hydrogens is 141 g/mol. The molecule has 0 radical (unpaired) electrons. The number of aliphatic imine (C=N–C) groups is 1. The molecule has 0 aromatic rings. The molecule has 0 rings (SSSR count). The van der Waals surface area contributed by atoms with Crippen LogP contribution in [0, 0.1) is 0 Å². The lowest BCUT2D eigenvalue weighted by Crippen LogP contribution is -1.70. The average molecular weight is 148 g/mol. The van der Waals surface area contributed by atoms with E-state index in [0.29, 0.717) is 0 Å². The van der Waals surface area contributed by atoms with Crippen molar-refractivity contribution < 1.29 is 4.39 Å². The minimum atomic E-state index is -0.602. The Labute approximate surface area is 58.5 Å². The fourth-order valence-corrected chi connectivity index (χ4v) is 0.434. The highest BCUT2D eigenvalue weighted by molar-refractivity contribution is 6.30. The quantitative estimate of drug-likeness (QED) is 0.324. The highest BCUT2D eigenvalue weighted by atomic mass is 35.5. The van der Waals surface area contributed by atoms with Crippen molar-refractivity contribution in [3.63, 3.8) is 0 Å². The van der Waals surface area contributed by atoms with Gasteiger partial charge in [0.05, 0.1) is 0 Å². The highest BCUT2D eigenvalue weighted by Crippen LogP contribution is 2.11. The van der Waals surface area contributed by atoms with Crippen molar-refractivity contribution >= 4 is 17.8 Å². The molecule has 0 aromatic heterocycles. The summed E-state index contributed by atoms with van der Waals surface area (Å²) in [7, 11) is 0. The summed E-state index contributed by atoms with van der Waals surface area (Å²) in [6, 6.07) is 0. The molecule has 0 aliphatic heterocycles. The third-order valence-corrected chi connectivity index (χ3v) is 0.897. The van der Waals surface area contributed by atoms with Gasteiger partial charge in [0.25, 0.3) is 0 Å². The molecule has 0 spiro atoms. The number of hydrogen-bond acceptors (Lipinski definition) is 1. The van der Waals surface area contributed by atoms with Crippen molar-refractivity contribution in [3.05, 3.63) is 23.6 Å². The second-order valence-corrected chi connectivity index (χ2v) is 1.59. The van der Waals surface area contributed by atoms with Crippen LogP contribution < -0.4 is 0 Å². The average Bonchev–Trinajstić information content (AvgIpc) is 1.87. The first-order chi connectivity index (χ1) is 4.22. The maximum absolute atomic E-state index is 12.2. The Balaban J connectivity index is 4.27. The van der Waals surface area contributed by atoms with Gasteiger partial charge in [-0.05, 0) is 13.0 Å². The summed E-state index contributed by atoms with van der Waals surface area (Å²) in [5.74, 6) is -0.602. The van der Waals surface area contributed by atoms with Crippen LogP contribution in [0.15, 0.2) is 28.6 Å². The smallest absolute Gasteiger partial charge is 0.164 e. The maximum Gasteiger partial charge on any atom is 0.164 e. The normalized spacial score (nSPS) is 13.7. The van der Waals surface area contributed by atoms with Gasteiger partial charge >= 0.3 is 0 Å². The SMILES string of the molecule is C=C/C(F)=C(Cl)\N=C/C. The molecule has 1 nitrogen and oxygen atoms in total. The number of hydrogen-bond donors (Lipinski definition) is 0. The first-order valence-corrected chi connectivity index (χ1v) is 2.76. The van der Waals surface area contributed by atoms with Crippen molar-refractivity contribution in [2.75, 3.05) is 0 Å². The summed E-state index contributed by atoms with van der Waals surface area (Å²) in [6.07, 6.45) is 2.42. The Kier molecular flexibility index (Phi) is 3.97. The Hall–Kier alpha value is -0.630. The molecule has 0 unspecified atom stereocenters. The van der Waals surface area contributed by atoms with E-state index in [-0.39, 0.29) is 5.16 Å². The fraction of sp³-hybridized carbons (Fsp3) is 0.167. The zero-order valence-electron chi connectivity index (χ0n) is 5.06. The molecule has 0 bridgehead atoms. The van der Waals surface area contributed by atoms with E-state index in [0.717, 1.165) is 6.08 Å². The van der Waals surface area contributed by atoms with Crippen molar-refractivity contribution in [1.82, 2.24) is 0 Å². The lowest BCUT2D eigenvalue weighted by atomic mass is 10.5. The summed E-state index contributed by atoms with van der Waals surface area (Å²) < 4.78 is 12.2. The second-order valence-electron chi connectivity index (χ2n) is 1.23. The van der Waals surface area contributed by atoms with Gasteiger partial charge in [0, 0.05) is 6.21 Å². The Morgan fingerprint density at radius 3 is 2.67 bits per heavy atom. The zero-order chi connectivity index (χ0) is 7.28. The predicted molar refractivity (Wildman–Crippen MR) is 38.4 cm³/mol. The monoisotopic (exact) mass is 147 g/mol. The van der Waals surface area contributed by atoms with E-state index in [1.165, 1.54) is 6.21 Å². The van der Waals surface area contributed by atoms with Crippen LogP contribution in [-0.4, -0.2) is 6.21 Å². The summed E-state index contributed by atoms with van der Waals surface area (Å²) >= 11 is 5.27. The van der Waals surface area contributed by atoms with Crippen LogP contribution in [-0.2, 0) is 0 Å². The van der Waals surface area contributed by atoms with Crippen LogP contribution in [0.4, 0.5) is 4.39 Å². The van der Waals surface area contributed by atoms with Gasteiger partial charge in [0.1, 0.15) is 0 Å². The van der Waals surface area contributed by atoms with Gasteiger partial charge in [-0.3, -0.25) is 0 Å². The largest absolute Gasteiger partial charge is 0.246 e. The minimum Gasteiger partial charge on any atom is -0.246 e. The number of allylic oxidation sites excluding steroid dienone is 2. The van der Waals surface area contributed by atoms with Crippen LogP contribution in [0.25, 0.3) is 0 Å². The van der Waals surface area contributed by atoms with Gasteiger partial charge in [0.2, 0.25) is 0 Å². The number of rotatable bonds is 2. The van der Waals surface area contributed by atoms with E-state index in [9.17, 15) is 4.39 Å². The van der Waals surface area contributed by atoms with E-state index < -0.39 is 5.83 Å². The lowest BCUT2D eigenvalue weighted by Gasteiger charge is -1.86. The van der Waals surface area contributed by atoms with E-state index >= 15 is 0 Å². The van der Waals surface area contributed by atoms with E-state index in [1.807, 2.05) is 0 Å². The Morgan fingerprint density at radius 1 is 1.78 bits per heavy atom. The van der Waals surface area contributed by atoms with Crippen molar-refractivity contribution in [1.29, 1.82) is 0 Å². The van der Waals surface area contributed by atoms with E-state index in [2.05, 4.69) is 11.6 Å². The molecule has 0 atom stereocenters. The van der Waals surface area contributed by atoms with Gasteiger partial charge in [-0.25, -0.2) is 9.38 Å². The van der Waals surface area contributed by atoms with Crippen LogP contribution in [0.1, 0.15) is 6.92 Å². The third kappa shape index (κ3) is 3.03. The molecule has 9 heavy (non-hydrogen) atoms. The molecule has 0 saturated carbocycles. The molecule has 0 saturated heterocycles. The molecule has 0 aromatic carbocycles. The molecule has 3 heteroatoms. The maximum atomic E-state index is 12.2. The van der Waals surface area contributed by atoms with Crippen molar-refractivity contribution in [2.45, 2.75) is 6.92 Å². The third-order valence-electron chi connectivity index (χ3n) is 0.619. The summed E-state index contributed by atoms with van der Waals surface area (Å²) in [4.78, 5) is 3.47. The molecule has 0 amide bonds. The summed E-state index contributed by atoms with van der Waals surface area (Å²) in [5.41, 5.74) is 0. The Bertz CT molecular complexity index is 160. The van der Waals surface area contributed by atoms with Crippen LogP contribution in [0.2, 0.25) is 0 Å². The summed E-state index contributed by atoms with van der Waals surface area (Å²) in [6.45, 7) is 4.82. The van der Waals surface area contributed by atoms with Gasteiger partial charge in [-0.2, -0.15) is 0 Å². The molecule has 0 fully saturated rings. The molecule has 0 aliphatic carbocycles. The summed E-state index contributed by atoms with van der Waals surface area (Å²) in [5, 5.41) is -0.160. The standard InChI is InChI=1S/C6H7ClFN/c1-3-5(8)6(7)9-4-2/h3-4H,1H2,2H3/b6-5+,9-4-. The van der Waals surface area contributed by atoms with E-state index in [1.54, 1.807) is 6.92 Å². The minimum absolute atomic E-state index is 0.160. The molecule has 0 heterocycles. The number of nitrogens with zero attached hydrogens (tertiary/aromatic N) is 1. The molecule has 0 N–H and O–H groups in total. The van der Waals surface area contributed by atoms with Gasteiger partial charge in [0.15, 0.2) is 11.0 Å². The first-order valence-electron chi connectivity index (χ1n) is 2.38. The van der Waals surface area contributed by atoms with E-state index in [4.69, 9.17) is 11.6 Å². The number of halogens is 2. The van der Waals surface area contributed by atoms with Crippen LogP contribution in [0.3, 0.4) is 0 Å². The van der Waals surface area contributed by atoms with Gasteiger partial charge in [-0.15, -0.1) is 0 Å². The molecule has 50 valence electrons. The second kappa shape index (κ2) is 4.27. The fourth-order valence-electron chi connectivity index (χ4n) is 0.259. The molecular formula is C6H7ClFN. The van der Waals surface area contributed by atoms with Crippen molar-refractivity contribution in [2.24, 2.45) is 4.99 Å². The van der Waals surface area contributed by atoms with Gasteiger partial charge in [-0.1, -0.05) is 18.2 Å². The highest BCUT2D eigenvalue weighted by Gasteiger charge is 1.93. The van der Waals surface area contributed by atoms with Crippen LogP contribution in [0.5, 0.6) is 0 Å². The van der Waals surface area contributed by atoms with Crippen molar-refractivity contribution in [3.8, 4) is 0 Å². The predicted octanol–water partition coefficient (Wildman–Crippen LogP) is 2.64. The molecule has 0 aliphatic rings. The van der Waals surface area contributed by atoms with Gasteiger partial charge < -0.3 is 0 Å². The lowest BCUT2D eigenvalue weighted by molar-refractivity contribution is 0.661. The Morgan fingerprint density at radius 2 is 2.33 bits per heavy atom. The first kappa shape index (κ1) is 8.37. The topological polar surface area (TPSA) is 12.4 Å². The zero-order valence-corrected chi connectivity index (χ0v) is 5.82.